The molecule has 0 aromatic heterocycles. The Bertz CT molecular complexity index is 4040. The highest BCUT2D eigenvalue weighted by atomic mass is 16.6. The van der Waals surface area contributed by atoms with Crippen molar-refractivity contribution >= 4 is 92.2 Å². The topological polar surface area (TPSA) is 329 Å². The van der Waals surface area contributed by atoms with Crippen molar-refractivity contribution in [2.45, 2.75) is 116 Å². The number of esters is 1. The number of carbonyl (C=O) groups is 12. The highest BCUT2D eigenvalue weighted by Crippen LogP contribution is 2.40. The van der Waals surface area contributed by atoms with Gasteiger partial charge in [-0.3, -0.25) is 77.1 Å². The van der Waals surface area contributed by atoms with Crippen LogP contribution in [0.1, 0.15) is 198 Å². The normalized spacial score (nSPS) is 13.8. The molecule has 1 N–H and O–H groups in total. The van der Waals surface area contributed by atoms with Crippen LogP contribution in [0.15, 0.2) is 66.7 Å². The zero-order valence-electron chi connectivity index (χ0n) is 66.0. The molecule has 4 heterocycles. The number of rotatable bonds is 58. The van der Waals surface area contributed by atoms with Crippen molar-refractivity contribution in [2.24, 2.45) is 0 Å². The highest BCUT2D eigenvalue weighted by Gasteiger charge is 2.42. The van der Waals surface area contributed by atoms with Crippen LogP contribution in [0.2, 0.25) is 0 Å². The van der Waals surface area contributed by atoms with Crippen molar-refractivity contribution in [1.82, 2.24) is 34.7 Å². The van der Waals surface area contributed by atoms with Gasteiger partial charge in [-0.05, 0) is 159 Å². The summed E-state index contributed by atoms with van der Waals surface area (Å²) in [5.41, 5.74) is 3.30. The van der Waals surface area contributed by atoms with Crippen molar-refractivity contribution in [3.05, 3.63) is 117 Å². The van der Waals surface area contributed by atoms with E-state index in [9.17, 15) is 57.5 Å². The quantitative estimate of drug-likeness (QED) is 0.0216. The van der Waals surface area contributed by atoms with Gasteiger partial charge in [-0.1, -0.05) is 12.8 Å². The molecular formula is C84H109N7O22. The van der Waals surface area contributed by atoms with Crippen LogP contribution in [-0.4, -0.2) is 286 Å². The number of likely N-dealkylation sites (N-methyl/N-ethyl adjacent to an activating group) is 2. The predicted molar refractivity (Wildman–Crippen MR) is 417 cm³/mol. The predicted octanol–water partition coefficient (Wildman–Crippen LogP) is 8.51. The molecule has 9 rings (SSSR count). The first-order chi connectivity index (χ1) is 54.7. The molecule has 0 unspecified atom stereocenters. The number of hydrogen-bond acceptors (Lipinski definition) is 24. The molecular weight excluding hydrogens is 1460 g/mol. The molecule has 0 fully saturated rings. The number of aryl methyl sites for hydroxylation is 1. The van der Waals surface area contributed by atoms with Crippen LogP contribution < -0.4 is 14.8 Å². The van der Waals surface area contributed by atoms with E-state index in [1.807, 2.05) is 63.1 Å². The second kappa shape index (κ2) is 45.6. The first kappa shape index (κ1) is 87.7. The number of nitrogens with one attached hydrogen (secondary N) is 1. The number of ether oxygens (including phenoxy) is 10. The standard InChI is InChI=1S/C84H109N7O22/c1-58-55-61(111-39-14-10-18-60(93)30-41-105-44-47-108-49-50-109-48-45-106-42-31-85-71(94)20-9-7-13-33-89-79(98)65-24-28-69-76-70(29-25-66(74(65)76)80(89)99)84(103)91(83(69)102)37-35-87(4)5)57-62(56-58)112-40-15-11-21-72(95)113-54-53-110-52-51-107-46-43-104-38-16-19-59(92)17-8-6-12-32-88-77(96)63-22-26-67-75-68(27-23-64(73(63)75)78(88)97)82(101)90(81(67)100)36-34-86(2)3/h22-29,55-57H,6-21,30-54H2,1-5H3,(H,85,94). The minimum atomic E-state index is -0.475. The van der Waals surface area contributed by atoms with Gasteiger partial charge in [-0.15, -0.1) is 0 Å². The van der Waals surface area contributed by atoms with Gasteiger partial charge in [0.15, 0.2) is 0 Å². The van der Waals surface area contributed by atoms with Gasteiger partial charge in [-0.25, -0.2) is 0 Å². The van der Waals surface area contributed by atoms with E-state index in [1.54, 1.807) is 48.5 Å². The molecule has 9 amide bonds. The lowest BCUT2D eigenvalue weighted by atomic mass is 9.86. The molecule has 0 spiro atoms. The number of imide groups is 4. The third kappa shape index (κ3) is 25.3. The molecule has 4 aliphatic heterocycles. The molecule has 0 saturated heterocycles. The fourth-order valence-corrected chi connectivity index (χ4v) is 13.7. The Morgan fingerprint density at radius 2 is 0.637 bits per heavy atom. The smallest absolute Gasteiger partial charge is 0.305 e. The molecule has 4 aliphatic rings. The molecule has 113 heavy (non-hydrogen) atoms. The third-order valence-electron chi connectivity index (χ3n) is 19.7. The minimum absolute atomic E-state index is 0.116. The Balaban J connectivity index is 0.478. The van der Waals surface area contributed by atoms with Crippen molar-refractivity contribution in [1.29, 1.82) is 0 Å². The van der Waals surface area contributed by atoms with Crippen LogP contribution in [0.4, 0.5) is 0 Å². The summed E-state index contributed by atoms with van der Waals surface area (Å²) in [6.45, 7) is 9.95. The summed E-state index contributed by atoms with van der Waals surface area (Å²) in [7, 11) is 7.42. The van der Waals surface area contributed by atoms with Gasteiger partial charge in [0.1, 0.15) is 29.7 Å². The van der Waals surface area contributed by atoms with Crippen molar-refractivity contribution in [3.63, 3.8) is 0 Å². The molecule has 0 aliphatic carbocycles. The Morgan fingerprint density at radius 1 is 0.319 bits per heavy atom. The summed E-state index contributed by atoms with van der Waals surface area (Å²) >= 11 is 0. The Hall–Kier alpha value is -9.30. The Kier molecular flexibility index (Phi) is 35.3. The van der Waals surface area contributed by atoms with Gasteiger partial charge < -0.3 is 62.5 Å². The van der Waals surface area contributed by atoms with E-state index >= 15 is 0 Å². The number of nitrogens with zero attached hydrogens (tertiary/aromatic N) is 6. The van der Waals surface area contributed by atoms with Crippen molar-refractivity contribution in [2.75, 3.05) is 186 Å². The molecule has 5 aromatic carbocycles. The van der Waals surface area contributed by atoms with Crippen LogP contribution in [0.3, 0.4) is 0 Å². The molecule has 29 nitrogen and oxygen atoms in total. The number of carbonyl (C=O) groups excluding carboxylic acids is 12. The Labute approximate surface area is 659 Å². The van der Waals surface area contributed by atoms with Gasteiger partial charge >= 0.3 is 5.97 Å². The average Bonchev–Trinajstić information content (AvgIpc) is 0.720. The summed E-state index contributed by atoms with van der Waals surface area (Å²) < 4.78 is 56.2. The zero-order valence-corrected chi connectivity index (χ0v) is 66.0. The number of amides is 9. The first-order valence-corrected chi connectivity index (χ1v) is 39.5. The molecule has 5 aromatic rings. The van der Waals surface area contributed by atoms with Crippen LogP contribution in [0.5, 0.6) is 11.5 Å². The van der Waals surface area contributed by atoms with Gasteiger partial charge in [0, 0.05) is 163 Å². The van der Waals surface area contributed by atoms with E-state index < -0.39 is 47.3 Å². The maximum absolute atomic E-state index is 13.6. The fraction of sp³-hybridized carbons (Fsp3) is 0.548. The summed E-state index contributed by atoms with van der Waals surface area (Å²) in [5.74, 6) is -2.52. The number of hydrogen-bond donors (Lipinski definition) is 1. The van der Waals surface area contributed by atoms with Crippen LogP contribution in [-0.2, 0) is 57.1 Å². The van der Waals surface area contributed by atoms with E-state index in [0.717, 1.165) is 5.56 Å². The second-order valence-corrected chi connectivity index (χ2v) is 28.8. The fourth-order valence-electron chi connectivity index (χ4n) is 13.7. The maximum atomic E-state index is 13.6. The lowest BCUT2D eigenvalue weighted by Crippen LogP contribution is -2.45. The van der Waals surface area contributed by atoms with Gasteiger partial charge in [0.25, 0.3) is 47.3 Å². The molecule has 0 radical (unpaired) electrons. The molecule has 0 atom stereocenters. The molecule has 612 valence electrons. The average molecular weight is 1570 g/mol. The van der Waals surface area contributed by atoms with E-state index in [0.29, 0.717) is 270 Å². The number of benzene rings is 5. The summed E-state index contributed by atoms with van der Waals surface area (Å²) in [4.78, 5) is 166. The van der Waals surface area contributed by atoms with Gasteiger partial charge in [-0.2, -0.15) is 0 Å². The largest absolute Gasteiger partial charge is 0.493 e. The van der Waals surface area contributed by atoms with E-state index in [4.69, 9.17) is 47.4 Å². The second-order valence-electron chi connectivity index (χ2n) is 28.8. The molecule has 0 bridgehead atoms. The maximum Gasteiger partial charge on any atom is 0.305 e. The summed E-state index contributed by atoms with van der Waals surface area (Å²) in [5, 5.41) is 4.24. The monoisotopic (exact) mass is 1570 g/mol. The minimum Gasteiger partial charge on any atom is -0.493 e. The van der Waals surface area contributed by atoms with Crippen LogP contribution in [0.25, 0.3) is 21.5 Å². The number of ketones is 2. The summed E-state index contributed by atoms with van der Waals surface area (Å²) in [6.07, 6.45) is 8.75. The van der Waals surface area contributed by atoms with Crippen LogP contribution in [0, 0.1) is 6.92 Å². The van der Waals surface area contributed by atoms with Gasteiger partial charge in [0.05, 0.1) is 99.1 Å². The van der Waals surface area contributed by atoms with Crippen molar-refractivity contribution in [3.8, 4) is 11.5 Å². The van der Waals surface area contributed by atoms with Crippen molar-refractivity contribution < 1.29 is 105 Å². The summed E-state index contributed by atoms with van der Waals surface area (Å²) in [6, 6.07) is 18.2. The van der Waals surface area contributed by atoms with E-state index in [1.165, 1.54) is 19.6 Å². The first-order valence-electron chi connectivity index (χ1n) is 39.5. The van der Waals surface area contributed by atoms with Crippen LogP contribution >= 0.6 is 0 Å². The number of Topliss-reactive ketones (excluding diaryl/α,β-unsaturated/α-hetero) is 2. The lowest BCUT2D eigenvalue weighted by Gasteiger charge is -2.32. The van der Waals surface area contributed by atoms with E-state index in [-0.39, 0.29) is 97.9 Å². The molecule has 29 heteroatoms. The lowest BCUT2D eigenvalue weighted by molar-refractivity contribution is -0.145. The highest BCUT2D eigenvalue weighted by molar-refractivity contribution is 6.35. The molecule has 0 saturated carbocycles. The SMILES string of the molecule is Cc1cc(OCCCCC(=O)CCOCCOCCOCCOCCNC(=O)CCCCCN2C(=O)c3ccc4c5c(ccc(c35)C2=O)C(=O)N(CCN(C)C)C4=O)cc(OCCCCC(=O)OCCOCCOCCOCCCC(=O)CCCCCN2C(=O)c3ccc4c5c(ccc(c35)C2=O)C(=O)N(CCN(C)C)C4=O)c1. The zero-order chi connectivity index (χ0) is 80.6. The Morgan fingerprint density at radius 3 is 1.04 bits per heavy atom. The van der Waals surface area contributed by atoms with E-state index in [2.05, 4.69) is 5.32 Å². The third-order valence-corrected chi connectivity index (χ3v) is 19.7. The number of unbranched alkanes of at least 4 members (excludes halogenated alkanes) is 6. The van der Waals surface area contributed by atoms with Gasteiger partial charge in [0.2, 0.25) is 5.91 Å².